The van der Waals surface area contributed by atoms with Crippen LogP contribution in [0.25, 0.3) is 0 Å². The summed E-state index contributed by atoms with van der Waals surface area (Å²) in [4.78, 5) is 11.3. The highest BCUT2D eigenvalue weighted by Crippen LogP contribution is 2.17. The first kappa shape index (κ1) is 13.3. The van der Waals surface area contributed by atoms with E-state index in [2.05, 4.69) is 10.9 Å². The maximum Gasteiger partial charge on any atom is 0.422 e. The Hall–Kier alpha value is -0.810. The van der Waals surface area contributed by atoms with Crippen LogP contribution in [-0.2, 0) is 4.74 Å². The highest BCUT2D eigenvalue weighted by atomic mass is 16.6. The van der Waals surface area contributed by atoms with Crippen LogP contribution in [0.3, 0.4) is 0 Å². The van der Waals surface area contributed by atoms with Gasteiger partial charge in [-0.05, 0) is 46.5 Å². The summed E-state index contributed by atoms with van der Waals surface area (Å²) in [5.41, 5.74) is 4.98. The lowest BCUT2D eigenvalue weighted by Gasteiger charge is -2.27. The maximum absolute atomic E-state index is 11.3. The zero-order valence-corrected chi connectivity index (χ0v) is 10.2. The van der Waals surface area contributed by atoms with Gasteiger partial charge in [-0.2, -0.15) is 0 Å². The van der Waals surface area contributed by atoms with Crippen LogP contribution >= 0.6 is 0 Å². The second-order valence-electron chi connectivity index (χ2n) is 5.28. The molecule has 1 fully saturated rings. The van der Waals surface area contributed by atoms with E-state index in [1.807, 2.05) is 20.8 Å². The van der Waals surface area contributed by atoms with Crippen LogP contribution in [0.4, 0.5) is 4.79 Å². The number of hydrogen-bond donors (Lipinski definition) is 3. The summed E-state index contributed by atoms with van der Waals surface area (Å²) < 4.78 is 5.09. The highest BCUT2D eigenvalue weighted by Gasteiger charge is 2.21. The van der Waals surface area contributed by atoms with Crippen molar-refractivity contribution in [3.63, 3.8) is 0 Å². The van der Waals surface area contributed by atoms with Crippen molar-refractivity contribution < 1.29 is 14.6 Å². The van der Waals surface area contributed by atoms with Crippen LogP contribution in [0.15, 0.2) is 0 Å². The minimum absolute atomic E-state index is 0.181. The molecule has 0 saturated heterocycles. The molecule has 5 heteroatoms. The van der Waals surface area contributed by atoms with Crippen molar-refractivity contribution in [3.05, 3.63) is 0 Å². The molecule has 0 aromatic rings. The van der Waals surface area contributed by atoms with Gasteiger partial charge in [-0.3, -0.25) is 5.43 Å². The number of aliphatic hydroxyl groups excluding tert-OH is 1. The van der Waals surface area contributed by atoms with Gasteiger partial charge in [0.1, 0.15) is 5.60 Å². The lowest BCUT2D eigenvalue weighted by molar-refractivity contribution is 0.0469. The van der Waals surface area contributed by atoms with Gasteiger partial charge in [0, 0.05) is 6.04 Å². The molecule has 0 radical (unpaired) electrons. The Bertz CT molecular complexity index is 230. The number of ether oxygens (including phenoxy) is 1. The second-order valence-corrected chi connectivity index (χ2v) is 5.28. The van der Waals surface area contributed by atoms with E-state index in [-0.39, 0.29) is 12.1 Å². The molecule has 3 N–H and O–H groups in total. The standard InChI is InChI=1S/C11H22N2O3/c1-11(2,3)16-10(15)13-12-8-4-6-9(14)7-5-8/h8-9,12,14H,4-7H2,1-3H3,(H,13,15). The molecule has 16 heavy (non-hydrogen) atoms. The molecule has 0 atom stereocenters. The minimum atomic E-state index is -0.478. The molecule has 0 spiro atoms. The Morgan fingerprint density at radius 2 is 1.81 bits per heavy atom. The topological polar surface area (TPSA) is 70.6 Å². The van der Waals surface area contributed by atoms with Crippen LogP contribution in [0.5, 0.6) is 0 Å². The van der Waals surface area contributed by atoms with E-state index in [4.69, 9.17) is 4.74 Å². The fraction of sp³-hybridized carbons (Fsp3) is 0.909. The van der Waals surface area contributed by atoms with E-state index in [1.165, 1.54) is 0 Å². The number of carbonyl (C=O) groups excluding carboxylic acids is 1. The Morgan fingerprint density at radius 1 is 1.25 bits per heavy atom. The summed E-state index contributed by atoms with van der Waals surface area (Å²) in [6, 6.07) is 0.232. The van der Waals surface area contributed by atoms with E-state index in [9.17, 15) is 9.90 Å². The van der Waals surface area contributed by atoms with Crippen molar-refractivity contribution in [3.8, 4) is 0 Å². The maximum atomic E-state index is 11.3. The monoisotopic (exact) mass is 230 g/mol. The van der Waals surface area contributed by atoms with Crippen LogP contribution in [-0.4, -0.2) is 28.9 Å². The number of hydrazine groups is 1. The quantitative estimate of drug-likeness (QED) is 0.626. The minimum Gasteiger partial charge on any atom is -0.443 e. The van der Waals surface area contributed by atoms with Gasteiger partial charge in [0.2, 0.25) is 0 Å². The predicted molar refractivity (Wildman–Crippen MR) is 60.8 cm³/mol. The summed E-state index contributed by atoms with van der Waals surface area (Å²) >= 11 is 0. The first-order valence-electron chi connectivity index (χ1n) is 5.79. The second kappa shape index (κ2) is 5.50. The zero-order valence-electron chi connectivity index (χ0n) is 10.2. The normalized spacial score (nSPS) is 26.2. The van der Waals surface area contributed by atoms with Gasteiger partial charge in [0.25, 0.3) is 0 Å². The molecular weight excluding hydrogens is 208 g/mol. The highest BCUT2D eigenvalue weighted by molar-refractivity contribution is 5.67. The Kier molecular flexibility index (Phi) is 4.56. The largest absolute Gasteiger partial charge is 0.443 e. The third-order valence-electron chi connectivity index (χ3n) is 2.47. The zero-order chi connectivity index (χ0) is 12.2. The molecule has 94 valence electrons. The van der Waals surface area contributed by atoms with Gasteiger partial charge in [0.15, 0.2) is 0 Å². The SMILES string of the molecule is CC(C)(C)OC(=O)NNC1CCC(O)CC1. The van der Waals surface area contributed by atoms with Crippen molar-refractivity contribution in [1.29, 1.82) is 0 Å². The van der Waals surface area contributed by atoms with Crippen molar-refractivity contribution in [1.82, 2.24) is 10.9 Å². The average molecular weight is 230 g/mol. The molecular formula is C11H22N2O3. The summed E-state index contributed by atoms with van der Waals surface area (Å²) in [5.74, 6) is 0. The number of nitrogens with one attached hydrogen (secondary N) is 2. The number of rotatable bonds is 2. The molecule has 0 heterocycles. The summed E-state index contributed by atoms with van der Waals surface area (Å²) in [5, 5.41) is 9.32. The predicted octanol–water partition coefficient (Wildman–Crippen LogP) is 1.32. The number of carbonyl (C=O) groups is 1. The molecule has 0 aliphatic heterocycles. The van der Waals surface area contributed by atoms with Crippen LogP contribution in [0.1, 0.15) is 46.5 Å². The first-order valence-corrected chi connectivity index (χ1v) is 5.79. The van der Waals surface area contributed by atoms with Crippen LogP contribution < -0.4 is 10.9 Å². The van der Waals surface area contributed by atoms with Gasteiger partial charge in [-0.25, -0.2) is 10.2 Å². The summed E-state index contributed by atoms with van der Waals surface area (Å²) in [7, 11) is 0. The van der Waals surface area contributed by atoms with Crippen LogP contribution in [0, 0.1) is 0 Å². The molecule has 1 rings (SSSR count). The van der Waals surface area contributed by atoms with Gasteiger partial charge in [-0.15, -0.1) is 0 Å². The third kappa shape index (κ3) is 5.32. The molecule has 1 saturated carbocycles. The lowest BCUT2D eigenvalue weighted by atomic mass is 9.94. The average Bonchev–Trinajstić information content (AvgIpc) is 2.14. The fourth-order valence-electron chi connectivity index (χ4n) is 1.68. The molecule has 5 nitrogen and oxygen atoms in total. The number of aliphatic hydroxyl groups is 1. The van der Waals surface area contributed by atoms with Gasteiger partial charge >= 0.3 is 6.09 Å². The van der Waals surface area contributed by atoms with Crippen molar-refractivity contribution in [2.45, 2.75) is 64.2 Å². The van der Waals surface area contributed by atoms with Crippen molar-refractivity contribution in [2.24, 2.45) is 0 Å². The molecule has 1 aliphatic carbocycles. The van der Waals surface area contributed by atoms with Gasteiger partial charge in [0.05, 0.1) is 6.10 Å². The van der Waals surface area contributed by atoms with Gasteiger partial charge < -0.3 is 9.84 Å². The van der Waals surface area contributed by atoms with E-state index >= 15 is 0 Å². The van der Waals surface area contributed by atoms with E-state index < -0.39 is 11.7 Å². The molecule has 0 aromatic carbocycles. The third-order valence-corrected chi connectivity index (χ3v) is 2.47. The Labute approximate surface area is 96.5 Å². The Morgan fingerprint density at radius 3 is 2.31 bits per heavy atom. The molecule has 1 aliphatic rings. The number of amides is 1. The van der Waals surface area contributed by atoms with E-state index in [1.54, 1.807) is 0 Å². The van der Waals surface area contributed by atoms with E-state index in [0.717, 1.165) is 25.7 Å². The molecule has 0 bridgehead atoms. The lowest BCUT2D eigenvalue weighted by Crippen LogP contribution is -2.47. The fourth-order valence-corrected chi connectivity index (χ4v) is 1.68. The molecule has 1 amide bonds. The molecule has 0 unspecified atom stereocenters. The summed E-state index contributed by atoms with van der Waals surface area (Å²) in [6.07, 6.45) is 2.67. The smallest absolute Gasteiger partial charge is 0.422 e. The molecule has 0 aromatic heterocycles. The Balaban J connectivity index is 2.17. The van der Waals surface area contributed by atoms with E-state index in [0.29, 0.717) is 0 Å². The van der Waals surface area contributed by atoms with Gasteiger partial charge in [-0.1, -0.05) is 0 Å². The first-order chi connectivity index (χ1) is 7.37. The van der Waals surface area contributed by atoms with Crippen LogP contribution in [0.2, 0.25) is 0 Å². The van der Waals surface area contributed by atoms with Crippen molar-refractivity contribution in [2.75, 3.05) is 0 Å². The number of hydrogen-bond acceptors (Lipinski definition) is 4. The van der Waals surface area contributed by atoms with Crippen molar-refractivity contribution >= 4 is 6.09 Å². The summed E-state index contributed by atoms with van der Waals surface area (Å²) in [6.45, 7) is 5.47.